The second-order valence-electron chi connectivity index (χ2n) is 4.24. The smallest absolute Gasteiger partial charge is 0.234 e. The van der Waals surface area contributed by atoms with Gasteiger partial charge in [-0.05, 0) is 25.7 Å². The Labute approximate surface area is 96.6 Å². The van der Waals surface area contributed by atoms with Gasteiger partial charge in [-0.15, -0.1) is 0 Å². The monoisotopic (exact) mass is 230 g/mol. The minimum atomic E-state index is -0.173. The maximum absolute atomic E-state index is 11.5. The van der Waals surface area contributed by atoms with Crippen molar-refractivity contribution in [2.24, 2.45) is 0 Å². The maximum atomic E-state index is 11.5. The Hall–Kier alpha value is -0.650. The van der Waals surface area contributed by atoms with Crippen LogP contribution in [0.3, 0.4) is 0 Å². The molecule has 0 aromatic rings. The van der Waals surface area contributed by atoms with E-state index >= 15 is 0 Å². The lowest BCUT2D eigenvalue weighted by Gasteiger charge is -2.26. The van der Waals surface area contributed by atoms with Crippen LogP contribution in [0, 0.1) is 0 Å². The van der Waals surface area contributed by atoms with E-state index < -0.39 is 0 Å². The number of carbonyl (C=O) groups is 1. The van der Waals surface area contributed by atoms with Crippen molar-refractivity contribution in [1.82, 2.24) is 10.6 Å². The fourth-order valence-electron chi connectivity index (χ4n) is 1.88. The lowest BCUT2D eigenvalue weighted by molar-refractivity contribution is -0.121. The summed E-state index contributed by atoms with van der Waals surface area (Å²) in [6.45, 7) is 1.64. The van der Waals surface area contributed by atoms with Crippen LogP contribution >= 0.6 is 0 Å². The van der Waals surface area contributed by atoms with Crippen molar-refractivity contribution >= 4 is 5.91 Å². The number of hydrogen-bond acceptors (Lipinski definition) is 4. The molecular weight excluding hydrogens is 208 g/mol. The highest BCUT2D eigenvalue weighted by molar-refractivity contribution is 5.78. The van der Waals surface area contributed by atoms with Crippen LogP contribution in [0.4, 0.5) is 0 Å². The molecule has 1 fully saturated rings. The van der Waals surface area contributed by atoms with Gasteiger partial charge in [0.05, 0.1) is 19.3 Å². The van der Waals surface area contributed by atoms with E-state index in [-0.39, 0.29) is 18.1 Å². The van der Waals surface area contributed by atoms with Gasteiger partial charge in [0.1, 0.15) is 0 Å². The largest absolute Gasteiger partial charge is 0.393 e. The number of amides is 1. The highest BCUT2D eigenvalue weighted by Crippen LogP contribution is 2.17. The summed E-state index contributed by atoms with van der Waals surface area (Å²) in [4.78, 5) is 11.5. The second kappa shape index (κ2) is 7.60. The fraction of sp³-hybridized carbons (Fsp3) is 0.909. The van der Waals surface area contributed by atoms with Gasteiger partial charge in [0.25, 0.3) is 0 Å². The summed E-state index contributed by atoms with van der Waals surface area (Å²) < 4.78 is 4.86. The number of rotatable bonds is 6. The molecule has 0 heterocycles. The Kier molecular flexibility index (Phi) is 6.37. The predicted molar refractivity (Wildman–Crippen MR) is 61.2 cm³/mol. The van der Waals surface area contributed by atoms with E-state index in [0.29, 0.717) is 19.7 Å². The lowest BCUT2D eigenvalue weighted by atomic mass is 9.93. The fourth-order valence-corrected chi connectivity index (χ4v) is 1.88. The van der Waals surface area contributed by atoms with Crippen LogP contribution in [0.25, 0.3) is 0 Å². The maximum Gasteiger partial charge on any atom is 0.234 e. The predicted octanol–water partition coefficient (Wildman–Crippen LogP) is -0.358. The molecule has 94 valence electrons. The third-order valence-corrected chi connectivity index (χ3v) is 2.83. The number of ether oxygens (including phenoxy) is 1. The molecule has 5 heteroatoms. The van der Waals surface area contributed by atoms with Crippen LogP contribution in [0.5, 0.6) is 0 Å². The van der Waals surface area contributed by atoms with Crippen molar-refractivity contribution in [3.05, 3.63) is 0 Å². The van der Waals surface area contributed by atoms with Crippen molar-refractivity contribution in [2.75, 3.05) is 26.8 Å². The third kappa shape index (κ3) is 5.44. The van der Waals surface area contributed by atoms with Crippen LogP contribution in [0.2, 0.25) is 0 Å². The number of carbonyl (C=O) groups excluding carboxylic acids is 1. The van der Waals surface area contributed by atoms with Gasteiger partial charge in [-0.2, -0.15) is 0 Å². The molecule has 1 amide bonds. The van der Waals surface area contributed by atoms with Gasteiger partial charge in [0.2, 0.25) is 5.91 Å². The van der Waals surface area contributed by atoms with Crippen LogP contribution in [-0.2, 0) is 9.53 Å². The van der Waals surface area contributed by atoms with Crippen LogP contribution < -0.4 is 10.6 Å². The average molecular weight is 230 g/mol. The first kappa shape index (κ1) is 13.4. The number of aliphatic hydroxyl groups is 1. The van der Waals surface area contributed by atoms with Crippen molar-refractivity contribution in [3.8, 4) is 0 Å². The molecule has 0 atom stereocenters. The molecule has 1 rings (SSSR count). The van der Waals surface area contributed by atoms with Gasteiger partial charge in [0.15, 0.2) is 0 Å². The molecule has 0 spiro atoms. The molecule has 1 aliphatic rings. The molecule has 1 aliphatic carbocycles. The van der Waals surface area contributed by atoms with Crippen molar-refractivity contribution in [1.29, 1.82) is 0 Å². The SMILES string of the molecule is COCCNCC(=O)NC1CCC(O)CC1. The second-order valence-corrected chi connectivity index (χ2v) is 4.24. The Bertz CT molecular complexity index is 203. The summed E-state index contributed by atoms with van der Waals surface area (Å²) in [6, 6.07) is 0.236. The molecule has 0 aliphatic heterocycles. The van der Waals surface area contributed by atoms with E-state index in [9.17, 15) is 9.90 Å². The average Bonchev–Trinajstić information content (AvgIpc) is 2.28. The van der Waals surface area contributed by atoms with Gasteiger partial charge >= 0.3 is 0 Å². The summed E-state index contributed by atoms with van der Waals surface area (Å²) in [7, 11) is 1.63. The van der Waals surface area contributed by atoms with Crippen LogP contribution in [0.15, 0.2) is 0 Å². The van der Waals surface area contributed by atoms with E-state index in [1.54, 1.807) is 7.11 Å². The summed E-state index contributed by atoms with van der Waals surface area (Å²) in [5.41, 5.74) is 0. The van der Waals surface area contributed by atoms with E-state index in [1.807, 2.05) is 0 Å². The molecular formula is C11H22N2O3. The van der Waals surface area contributed by atoms with Crippen molar-refractivity contribution < 1.29 is 14.6 Å². The lowest BCUT2D eigenvalue weighted by Crippen LogP contribution is -2.43. The summed E-state index contributed by atoms with van der Waals surface area (Å²) in [5, 5.41) is 15.3. The normalized spacial score (nSPS) is 25.4. The highest BCUT2D eigenvalue weighted by atomic mass is 16.5. The highest BCUT2D eigenvalue weighted by Gasteiger charge is 2.20. The van der Waals surface area contributed by atoms with Crippen molar-refractivity contribution in [2.45, 2.75) is 37.8 Å². The summed E-state index contributed by atoms with van der Waals surface area (Å²) in [5.74, 6) is 0.0255. The topological polar surface area (TPSA) is 70.6 Å². The quantitative estimate of drug-likeness (QED) is 0.545. The number of nitrogens with one attached hydrogen (secondary N) is 2. The van der Waals surface area contributed by atoms with Crippen LogP contribution in [0.1, 0.15) is 25.7 Å². The van der Waals surface area contributed by atoms with Gasteiger partial charge < -0.3 is 20.5 Å². The summed E-state index contributed by atoms with van der Waals surface area (Å²) >= 11 is 0. The van der Waals surface area contributed by atoms with Gasteiger partial charge in [-0.3, -0.25) is 4.79 Å². The molecule has 5 nitrogen and oxygen atoms in total. The van der Waals surface area contributed by atoms with E-state index in [1.165, 1.54) is 0 Å². The molecule has 0 aromatic heterocycles. The number of hydrogen-bond donors (Lipinski definition) is 3. The molecule has 3 N–H and O–H groups in total. The standard InChI is InChI=1S/C11H22N2O3/c1-16-7-6-12-8-11(15)13-9-2-4-10(14)5-3-9/h9-10,12,14H,2-8H2,1H3,(H,13,15). The molecule has 0 bridgehead atoms. The molecule has 0 saturated heterocycles. The van der Waals surface area contributed by atoms with E-state index in [4.69, 9.17) is 4.74 Å². The van der Waals surface area contributed by atoms with Crippen molar-refractivity contribution in [3.63, 3.8) is 0 Å². The zero-order valence-corrected chi connectivity index (χ0v) is 9.87. The zero-order chi connectivity index (χ0) is 11.8. The Morgan fingerprint density at radius 3 is 2.69 bits per heavy atom. The Balaban J connectivity index is 2.05. The van der Waals surface area contributed by atoms with E-state index in [0.717, 1.165) is 25.7 Å². The summed E-state index contributed by atoms with van der Waals surface area (Å²) in [6.07, 6.45) is 3.17. The molecule has 0 aromatic carbocycles. The van der Waals surface area contributed by atoms with Gasteiger partial charge in [-0.25, -0.2) is 0 Å². The van der Waals surface area contributed by atoms with Crippen LogP contribution in [-0.4, -0.2) is 50.0 Å². The van der Waals surface area contributed by atoms with Gasteiger partial charge in [-0.1, -0.05) is 0 Å². The first-order valence-electron chi connectivity index (χ1n) is 5.89. The molecule has 0 radical (unpaired) electrons. The van der Waals surface area contributed by atoms with E-state index in [2.05, 4.69) is 10.6 Å². The number of methoxy groups -OCH3 is 1. The molecule has 16 heavy (non-hydrogen) atoms. The first-order chi connectivity index (χ1) is 7.72. The minimum Gasteiger partial charge on any atom is -0.393 e. The minimum absolute atomic E-state index is 0.0255. The Morgan fingerprint density at radius 2 is 2.06 bits per heavy atom. The third-order valence-electron chi connectivity index (χ3n) is 2.83. The zero-order valence-electron chi connectivity index (χ0n) is 9.87. The molecule has 0 unspecified atom stereocenters. The molecule has 1 saturated carbocycles. The number of aliphatic hydroxyl groups excluding tert-OH is 1. The first-order valence-corrected chi connectivity index (χ1v) is 5.89. The van der Waals surface area contributed by atoms with Gasteiger partial charge in [0, 0.05) is 19.7 Å². The Morgan fingerprint density at radius 1 is 1.38 bits per heavy atom.